The molecule has 0 spiro atoms. The van der Waals surface area contributed by atoms with Gasteiger partial charge in [0.25, 0.3) is 5.91 Å². The Labute approximate surface area is 121 Å². The van der Waals surface area contributed by atoms with Crippen molar-refractivity contribution in [3.63, 3.8) is 0 Å². The first-order valence-corrected chi connectivity index (χ1v) is 6.95. The van der Waals surface area contributed by atoms with Gasteiger partial charge < -0.3 is 15.4 Å². The zero-order valence-electron chi connectivity index (χ0n) is 11.3. The van der Waals surface area contributed by atoms with Gasteiger partial charge in [0.2, 0.25) is 0 Å². The van der Waals surface area contributed by atoms with Crippen LogP contribution in [0.1, 0.15) is 15.9 Å². The molecule has 0 atom stereocenters. The fourth-order valence-electron chi connectivity index (χ4n) is 3.03. The van der Waals surface area contributed by atoms with Crippen molar-refractivity contribution >= 4 is 16.8 Å². The number of hydrogen-bond donors (Lipinski definition) is 3. The number of carbonyl (C=O) groups excluding carboxylic acids is 1. The molecule has 4 nitrogen and oxygen atoms in total. The van der Waals surface area contributed by atoms with E-state index in [9.17, 15) is 9.90 Å². The minimum Gasteiger partial charge on any atom is -0.508 e. The first-order chi connectivity index (χ1) is 10.2. The van der Waals surface area contributed by atoms with E-state index >= 15 is 0 Å². The molecule has 3 N–H and O–H groups in total. The number of H-pyrrole nitrogens is 1. The zero-order valence-corrected chi connectivity index (χ0v) is 11.3. The lowest BCUT2D eigenvalue weighted by Crippen LogP contribution is -2.23. The Bertz CT molecular complexity index is 847. The molecule has 0 unspecified atom stereocenters. The standard InChI is InChI=1S/C17H14N2O2/c20-11-6-4-10(5-7-11)16-12-8-9-18-17(21)13-2-1-3-14(19-16)15(12)13/h1-7,19-20H,8-9H2,(H,18,21). The molecular weight excluding hydrogens is 264 g/mol. The molecule has 0 fully saturated rings. The second-order valence-electron chi connectivity index (χ2n) is 5.26. The predicted octanol–water partition coefficient (Wildman–Crippen LogP) is 2.83. The minimum absolute atomic E-state index is 0.0180. The molecular formula is C17H14N2O2. The summed E-state index contributed by atoms with van der Waals surface area (Å²) in [6, 6.07) is 12.9. The second kappa shape index (κ2) is 4.38. The van der Waals surface area contributed by atoms with E-state index in [-0.39, 0.29) is 11.7 Å². The maximum atomic E-state index is 12.1. The van der Waals surface area contributed by atoms with Crippen molar-refractivity contribution in [2.24, 2.45) is 0 Å². The summed E-state index contributed by atoms with van der Waals surface area (Å²) in [6.45, 7) is 0.631. The maximum Gasteiger partial charge on any atom is 0.251 e. The van der Waals surface area contributed by atoms with Crippen molar-refractivity contribution in [2.75, 3.05) is 6.54 Å². The third-order valence-electron chi connectivity index (χ3n) is 3.99. The van der Waals surface area contributed by atoms with Gasteiger partial charge in [0.05, 0.1) is 0 Å². The van der Waals surface area contributed by atoms with Gasteiger partial charge in [-0.15, -0.1) is 0 Å². The zero-order chi connectivity index (χ0) is 14.4. The summed E-state index contributed by atoms with van der Waals surface area (Å²) in [5.74, 6) is 0.230. The SMILES string of the molecule is O=C1NCCc2c(-c3ccc(O)cc3)[nH]c3cccc1c23. The number of rotatable bonds is 1. The molecule has 2 heterocycles. The Morgan fingerprint density at radius 3 is 2.67 bits per heavy atom. The molecule has 21 heavy (non-hydrogen) atoms. The fraction of sp³-hybridized carbons (Fsp3) is 0.118. The number of nitrogens with one attached hydrogen (secondary N) is 2. The highest BCUT2D eigenvalue weighted by atomic mass is 16.3. The van der Waals surface area contributed by atoms with E-state index < -0.39 is 0 Å². The number of phenolic OH excluding ortho intramolecular Hbond substituents is 1. The van der Waals surface area contributed by atoms with Gasteiger partial charge in [-0.1, -0.05) is 6.07 Å². The third-order valence-corrected chi connectivity index (χ3v) is 3.99. The summed E-state index contributed by atoms with van der Waals surface area (Å²) >= 11 is 0. The monoisotopic (exact) mass is 278 g/mol. The largest absolute Gasteiger partial charge is 0.508 e. The van der Waals surface area contributed by atoms with E-state index in [1.54, 1.807) is 12.1 Å². The van der Waals surface area contributed by atoms with E-state index in [1.165, 1.54) is 0 Å². The molecule has 4 rings (SSSR count). The van der Waals surface area contributed by atoms with Crippen molar-refractivity contribution in [1.82, 2.24) is 10.3 Å². The van der Waals surface area contributed by atoms with Gasteiger partial charge in [-0.2, -0.15) is 0 Å². The lowest BCUT2D eigenvalue weighted by molar-refractivity contribution is 0.0957. The van der Waals surface area contributed by atoms with Crippen LogP contribution in [0.4, 0.5) is 0 Å². The summed E-state index contributed by atoms with van der Waals surface area (Å²) in [7, 11) is 0. The molecule has 0 aliphatic carbocycles. The smallest absolute Gasteiger partial charge is 0.251 e. The molecule has 4 heteroatoms. The third kappa shape index (κ3) is 1.80. The van der Waals surface area contributed by atoms with Crippen molar-refractivity contribution < 1.29 is 9.90 Å². The highest BCUT2D eigenvalue weighted by Gasteiger charge is 2.21. The number of phenols is 1. The second-order valence-corrected chi connectivity index (χ2v) is 5.26. The summed E-state index contributed by atoms with van der Waals surface area (Å²) in [5.41, 5.74) is 4.89. The molecule has 0 radical (unpaired) electrons. The Balaban J connectivity index is 2.02. The number of hydrogen-bond acceptors (Lipinski definition) is 2. The van der Waals surface area contributed by atoms with Crippen LogP contribution in [0.25, 0.3) is 22.2 Å². The average Bonchev–Trinajstić information content (AvgIpc) is 2.77. The van der Waals surface area contributed by atoms with Crippen LogP contribution in [0.5, 0.6) is 5.75 Å². The van der Waals surface area contributed by atoms with Crippen molar-refractivity contribution in [3.8, 4) is 17.0 Å². The Kier molecular flexibility index (Phi) is 2.51. The lowest BCUT2D eigenvalue weighted by Gasteiger charge is -2.04. The quantitative estimate of drug-likeness (QED) is 0.641. The number of aromatic amines is 1. The van der Waals surface area contributed by atoms with Crippen LogP contribution in [0, 0.1) is 0 Å². The first-order valence-electron chi connectivity index (χ1n) is 6.95. The van der Waals surface area contributed by atoms with Gasteiger partial charge >= 0.3 is 0 Å². The Morgan fingerprint density at radius 2 is 1.86 bits per heavy atom. The van der Waals surface area contributed by atoms with Gasteiger partial charge in [0.1, 0.15) is 5.75 Å². The van der Waals surface area contributed by atoms with Crippen LogP contribution in [0.3, 0.4) is 0 Å². The van der Waals surface area contributed by atoms with E-state index in [0.717, 1.165) is 39.7 Å². The van der Waals surface area contributed by atoms with Gasteiger partial charge in [-0.25, -0.2) is 0 Å². The Morgan fingerprint density at radius 1 is 1.05 bits per heavy atom. The summed E-state index contributed by atoms with van der Waals surface area (Å²) < 4.78 is 0. The first kappa shape index (κ1) is 12.0. The minimum atomic E-state index is -0.0180. The number of carbonyl (C=O) groups is 1. The molecule has 0 saturated carbocycles. The lowest BCUT2D eigenvalue weighted by atomic mass is 10.0. The normalized spacial score (nSPS) is 14.0. The van der Waals surface area contributed by atoms with Gasteiger partial charge in [0, 0.05) is 28.7 Å². The van der Waals surface area contributed by atoms with E-state index in [0.29, 0.717) is 6.54 Å². The van der Waals surface area contributed by atoms with E-state index in [4.69, 9.17) is 0 Å². The molecule has 1 aromatic heterocycles. The van der Waals surface area contributed by atoms with Crippen LogP contribution in [0.15, 0.2) is 42.5 Å². The maximum absolute atomic E-state index is 12.1. The van der Waals surface area contributed by atoms with E-state index in [2.05, 4.69) is 10.3 Å². The average molecular weight is 278 g/mol. The Hall–Kier alpha value is -2.75. The molecule has 1 aliphatic heterocycles. The number of aromatic hydroxyl groups is 1. The van der Waals surface area contributed by atoms with E-state index in [1.807, 2.05) is 30.3 Å². The van der Waals surface area contributed by atoms with Crippen LogP contribution >= 0.6 is 0 Å². The van der Waals surface area contributed by atoms with Crippen molar-refractivity contribution in [2.45, 2.75) is 6.42 Å². The fourth-order valence-corrected chi connectivity index (χ4v) is 3.03. The van der Waals surface area contributed by atoms with Gasteiger partial charge in [-0.3, -0.25) is 4.79 Å². The molecule has 104 valence electrons. The summed E-state index contributed by atoms with van der Waals surface area (Å²) in [5, 5.41) is 13.4. The molecule has 0 saturated heterocycles. The predicted molar refractivity (Wildman–Crippen MR) is 81.4 cm³/mol. The highest BCUT2D eigenvalue weighted by molar-refractivity contribution is 6.10. The summed E-state index contributed by atoms with van der Waals surface area (Å²) in [6.07, 6.45) is 0.791. The molecule has 1 amide bonds. The van der Waals surface area contributed by atoms with Gasteiger partial charge in [0.15, 0.2) is 0 Å². The van der Waals surface area contributed by atoms with Crippen LogP contribution in [-0.4, -0.2) is 22.5 Å². The van der Waals surface area contributed by atoms with Crippen LogP contribution < -0.4 is 5.32 Å². The molecule has 0 bridgehead atoms. The number of benzene rings is 2. The molecule has 2 aromatic carbocycles. The molecule has 1 aliphatic rings. The van der Waals surface area contributed by atoms with Crippen molar-refractivity contribution in [3.05, 3.63) is 53.6 Å². The van der Waals surface area contributed by atoms with Crippen LogP contribution in [-0.2, 0) is 6.42 Å². The van der Waals surface area contributed by atoms with Crippen LogP contribution in [0.2, 0.25) is 0 Å². The number of aromatic nitrogens is 1. The topological polar surface area (TPSA) is 65.1 Å². The highest BCUT2D eigenvalue weighted by Crippen LogP contribution is 2.34. The summed E-state index contributed by atoms with van der Waals surface area (Å²) in [4.78, 5) is 15.5. The van der Waals surface area contributed by atoms with Crippen molar-refractivity contribution in [1.29, 1.82) is 0 Å². The van der Waals surface area contributed by atoms with Gasteiger partial charge in [-0.05, 0) is 53.9 Å². The molecule has 3 aromatic rings. The number of amides is 1.